The van der Waals surface area contributed by atoms with E-state index in [1.54, 1.807) is 6.20 Å². The van der Waals surface area contributed by atoms with Gasteiger partial charge in [-0.1, -0.05) is 30.3 Å². The van der Waals surface area contributed by atoms with E-state index < -0.39 is 5.97 Å². The van der Waals surface area contributed by atoms with E-state index in [0.29, 0.717) is 11.5 Å². The van der Waals surface area contributed by atoms with Gasteiger partial charge in [0.1, 0.15) is 0 Å². The third kappa shape index (κ3) is 2.95. The van der Waals surface area contributed by atoms with E-state index in [9.17, 15) is 4.79 Å². The van der Waals surface area contributed by atoms with Crippen LogP contribution >= 0.6 is 11.3 Å². The van der Waals surface area contributed by atoms with Crippen molar-refractivity contribution in [3.8, 4) is 22.6 Å². The first kappa shape index (κ1) is 13.4. The van der Waals surface area contributed by atoms with Crippen molar-refractivity contribution in [2.75, 3.05) is 0 Å². The number of aromatic nitrogens is 3. The van der Waals surface area contributed by atoms with E-state index in [1.165, 1.54) is 11.3 Å². The highest BCUT2D eigenvalue weighted by Crippen LogP contribution is 2.27. The standard InChI is InChI=1S/C15H11N3O2S/c19-14(20)8-13-11(6-7-21-13)15-17-12(9-16-18-15)10-4-2-1-3-5-10/h1-7,9H,8H2,(H,19,20). The molecule has 0 atom stereocenters. The number of aliphatic carboxylic acids is 1. The molecule has 0 radical (unpaired) electrons. The molecule has 3 aromatic rings. The maximum absolute atomic E-state index is 10.9. The van der Waals surface area contributed by atoms with Gasteiger partial charge in [-0.2, -0.15) is 5.10 Å². The number of nitrogens with zero attached hydrogens (tertiary/aromatic N) is 3. The molecule has 0 saturated heterocycles. The molecule has 0 unspecified atom stereocenters. The van der Waals surface area contributed by atoms with Gasteiger partial charge >= 0.3 is 5.97 Å². The fraction of sp³-hybridized carbons (Fsp3) is 0.0667. The Balaban J connectivity index is 2.01. The van der Waals surface area contributed by atoms with Gasteiger partial charge in [0.05, 0.1) is 18.3 Å². The Bertz CT molecular complexity index is 771. The molecule has 0 spiro atoms. The fourth-order valence-corrected chi connectivity index (χ4v) is 2.84. The summed E-state index contributed by atoms with van der Waals surface area (Å²) in [4.78, 5) is 16.1. The predicted octanol–water partition coefficient (Wildman–Crippen LogP) is 2.89. The lowest BCUT2D eigenvalue weighted by Gasteiger charge is -2.03. The van der Waals surface area contributed by atoms with E-state index >= 15 is 0 Å². The van der Waals surface area contributed by atoms with Gasteiger partial charge in [-0.05, 0) is 11.4 Å². The second-order valence-electron chi connectivity index (χ2n) is 4.36. The number of carboxylic acid groups (broad SMARTS) is 1. The first-order chi connectivity index (χ1) is 10.2. The zero-order chi connectivity index (χ0) is 14.7. The van der Waals surface area contributed by atoms with E-state index in [2.05, 4.69) is 15.2 Å². The minimum Gasteiger partial charge on any atom is -0.481 e. The second-order valence-corrected chi connectivity index (χ2v) is 5.36. The summed E-state index contributed by atoms with van der Waals surface area (Å²) in [6.45, 7) is 0. The minimum atomic E-state index is -0.870. The van der Waals surface area contributed by atoms with E-state index in [4.69, 9.17) is 5.11 Å². The Labute approximate surface area is 124 Å². The molecule has 21 heavy (non-hydrogen) atoms. The van der Waals surface area contributed by atoms with Crippen LogP contribution in [0.1, 0.15) is 4.88 Å². The van der Waals surface area contributed by atoms with E-state index in [0.717, 1.165) is 16.0 Å². The summed E-state index contributed by atoms with van der Waals surface area (Å²) in [5.41, 5.74) is 2.39. The third-order valence-electron chi connectivity index (χ3n) is 2.93. The molecule has 0 saturated carbocycles. The van der Waals surface area contributed by atoms with Crippen LogP contribution in [0.15, 0.2) is 48.0 Å². The number of hydrogen-bond donors (Lipinski definition) is 1. The van der Waals surface area contributed by atoms with Crippen LogP contribution in [0.25, 0.3) is 22.6 Å². The lowest BCUT2D eigenvalue weighted by Crippen LogP contribution is -2.01. The van der Waals surface area contributed by atoms with Crippen molar-refractivity contribution in [2.24, 2.45) is 0 Å². The van der Waals surface area contributed by atoms with Crippen molar-refractivity contribution >= 4 is 17.3 Å². The number of thiophene rings is 1. The maximum atomic E-state index is 10.9. The Morgan fingerprint density at radius 3 is 2.76 bits per heavy atom. The predicted molar refractivity (Wildman–Crippen MR) is 79.9 cm³/mol. The molecule has 6 heteroatoms. The fourth-order valence-electron chi connectivity index (χ4n) is 1.98. The van der Waals surface area contributed by atoms with Crippen LogP contribution in [-0.2, 0) is 11.2 Å². The van der Waals surface area contributed by atoms with Gasteiger partial charge in [-0.25, -0.2) is 4.98 Å². The molecule has 5 nitrogen and oxygen atoms in total. The lowest BCUT2D eigenvalue weighted by molar-refractivity contribution is -0.136. The van der Waals surface area contributed by atoms with Crippen molar-refractivity contribution in [1.82, 2.24) is 15.2 Å². The number of carbonyl (C=O) groups is 1. The van der Waals surface area contributed by atoms with Gasteiger partial charge in [0.2, 0.25) is 0 Å². The van der Waals surface area contributed by atoms with Gasteiger partial charge in [0.25, 0.3) is 0 Å². The Kier molecular flexibility index (Phi) is 3.70. The van der Waals surface area contributed by atoms with Gasteiger partial charge < -0.3 is 5.11 Å². The normalized spacial score (nSPS) is 10.5. The lowest BCUT2D eigenvalue weighted by atomic mass is 10.1. The maximum Gasteiger partial charge on any atom is 0.308 e. The Hall–Kier alpha value is -2.60. The summed E-state index contributed by atoms with van der Waals surface area (Å²) < 4.78 is 0. The SMILES string of the molecule is O=C(O)Cc1sccc1-c1nncc(-c2ccccc2)n1. The Morgan fingerprint density at radius 1 is 1.19 bits per heavy atom. The molecule has 0 amide bonds. The molecule has 0 fully saturated rings. The first-order valence-electron chi connectivity index (χ1n) is 6.28. The van der Waals surface area contributed by atoms with Crippen molar-refractivity contribution in [1.29, 1.82) is 0 Å². The number of rotatable bonds is 4. The number of benzene rings is 1. The zero-order valence-corrected chi connectivity index (χ0v) is 11.7. The van der Waals surface area contributed by atoms with Crippen molar-refractivity contribution in [2.45, 2.75) is 6.42 Å². The number of hydrogen-bond acceptors (Lipinski definition) is 5. The van der Waals surface area contributed by atoms with Crippen LogP contribution in [0, 0.1) is 0 Å². The molecule has 0 aliphatic heterocycles. The molecule has 1 aromatic carbocycles. The zero-order valence-electron chi connectivity index (χ0n) is 10.9. The van der Waals surface area contributed by atoms with Gasteiger partial charge in [-0.3, -0.25) is 4.79 Å². The van der Waals surface area contributed by atoms with Gasteiger partial charge in [0, 0.05) is 16.0 Å². The van der Waals surface area contributed by atoms with Crippen LogP contribution in [-0.4, -0.2) is 26.3 Å². The molecular weight excluding hydrogens is 286 g/mol. The van der Waals surface area contributed by atoms with Crippen LogP contribution < -0.4 is 0 Å². The third-order valence-corrected chi connectivity index (χ3v) is 3.85. The summed E-state index contributed by atoms with van der Waals surface area (Å²) in [6.07, 6.45) is 1.56. The quantitative estimate of drug-likeness (QED) is 0.801. The topological polar surface area (TPSA) is 76.0 Å². The van der Waals surface area contributed by atoms with Crippen molar-refractivity contribution in [3.63, 3.8) is 0 Å². The summed E-state index contributed by atoms with van der Waals surface area (Å²) in [5, 5.41) is 18.8. The molecule has 0 aliphatic rings. The highest BCUT2D eigenvalue weighted by atomic mass is 32.1. The molecule has 104 valence electrons. The smallest absolute Gasteiger partial charge is 0.308 e. The van der Waals surface area contributed by atoms with Crippen LogP contribution in [0.5, 0.6) is 0 Å². The summed E-state index contributed by atoms with van der Waals surface area (Å²) in [6, 6.07) is 11.5. The molecule has 0 bridgehead atoms. The average Bonchev–Trinajstić information content (AvgIpc) is 2.96. The second kappa shape index (κ2) is 5.80. The van der Waals surface area contributed by atoms with Gasteiger partial charge in [-0.15, -0.1) is 16.4 Å². The highest BCUT2D eigenvalue weighted by molar-refractivity contribution is 7.10. The molecule has 0 aliphatic carbocycles. The van der Waals surface area contributed by atoms with Crippen LogP contribution in [0.2, 0.25) is 0 Å². The monoisotopic (exact) mass is 297 g/mol. The molecular formula is C15H11N3O2S. The average molecular weight is 297 g/mol. The summed E-state index contributed by atoms with van der Waals surface area (Å²) in [7, 11) is 0. The van der Waals surface area contributed by atoms with E-state index in [1.807, 2.05) is 41.8 Å². The first-order valence-corrected chi connectivity index (χ1v) is 7.15. The van der Waals surface area contributed by atoms with Crippen LogP contribution in [0.3, 0.4) is 0 Å². The molecule has 2 aromatic heterocycles. The Morgan fingerprint density at radius 2 is 2.00 bits per heavy atom. The van der Waals surface area contributed by atoms with Gasteiger partial charge in [0.15, 0.2) is 5.82 Å². The van der Waals surface area contributed by atoms with Crippen molar-refractivity contribution in [3.05, 3.63) is 52.9 Å². The largest absolute Gasteiger partial charge is 0.481 e. The molecule has 2 heterocycles. The van der Waals surface area contributed by atoms with Crippen LogP contribution in [0.4, 0.5) is 0 Å². The van der Waals surface area contributed by atoms with E-state index in [-0.39, 0.29) is 6.42 Å². The number of carboxylic acids is 1. The highest BCUT2D eigenvalue weighted by Gasteiger charge is 2.13. The van der Waals surface area contributed by atoms with Crippen molar-refractivity contribution < 1.29 is 9.90 Å². The summed E-state index contributed by atoms with van der Waals surface area (Å²) in [5.74, 6) is -0.417. The minimum absolute atomic E-state index is 0.0358. The molecule has 3 rings (SSSR count). The summed E-state index contributed by atoms with van der Waals surface area (Å²) >= 11 is 1.39. The molecule has 1 N–H and O–H groups in total.